The smallest absolute Gasteiger partial charge is 0.254 e. The normalized spacial score (nSPS) is 14.4. The largest absolute Gasteiger partial charge is 0.399 e. The highest BCUT2D eigenvalue weighted by atomic mass is 16.5. The summed E-state index contributed by atoms with van der Waals surface area (Å²) < 4.78 is 4.99. The monoisotopic (exact) mass is 220 g/mol. The molecule has 1 aromatic carbocycles. The Balaban J connectivity index is 2.28. The molecule has 4 heteroatoms. The summed E-state index contributed by atoms with van der Waals surface area (Å²) >= 11 is 0. The highest BCUT2D eigenvalue weighted by Gasteiger charge is 2.28. The first kappa shape index (κ1) is 11.0. The molecule has 1 aliphatic rings. The molecule has 86 valence electrons. The van der Waals surface area contributed by atoms with Gasteiger partial charge in [-0.25, -0.2) is 0 Å². The van der Waals surface area contributed by atoms with Crippen molar-refractivity contribution in [2.24, 2.45) is 0 Å². The van der Waals surface area contributed by atoms with Gasteiger partial charge in [-0.1, -0.05) is 0 Å². The van der Waals surface area contributed by atoms with Crippen molar-refractivity contribution < 1.29 is 9.53 Å². The molecule has 0 unspecified atom stereocenters. The molecule has 1 amide bonds. The predicted molar refractivity (Wildman–Crippen MR) is 62.2 cm³/mol. The van der Waals surface area contributed by atoms with Crippen molar-refractivity contribution in [1.82, 2.24) is 4.90 Å². The molecule has 0 saturated carbocycles. The van der Waals surface area contributed by atoms with Gasteiger partial charge in [0.1, 0.15) is 0 Å². The molecular formula is C12H16N2O2. The van der Waals surface area contributed by atoms with Crippen LogP contribution in [0.5, 0.6) is 0 Å². The third kappa shape index (κ3) is 1.76. The maximum absolute atomic E-state index is 12.1. The van der Waals surface area contributed by atoms with Crippen LogP contribution in [0.4, 0.5) is 5.69 Å². The van der Waals surface area contributed by atoms with Crippen LogP contribution in [0.2, 0.25) is 0 Å². The van der Waals surface area contributed by atoms with E-state index in [0.717, 1.165) is 22.4 Å². The molecule has 0 aliphatic carbocycles. The van der Waals surface area contributed by atoms with Crippen LogP contribution in [0.3, 0.4) is 0 Å². The summed E-state index contributed by atoms with van der Waals surface area (Å²) in [6.45, 7) is 3.76. The van der Waals surface area contributed by atoms with Crippen LogP contribution in [0, 0.1) is 6.92 Å². The van der Waals surface area contributed by atoms with Crippen molar-refractivity contribution in [1.29, 1.82) is 0 Å². The molecule has 0 bridgehead atoms. The van der Waals surface area contributed by atoms with E-state index in [-0.39, 0.29) is 5.91 Å². The third-order valence-corrected chi connectivity index (χ3v) is 2.87. The van der Waals surface area contributed by atoms with Crippen LogP contribution in [0.1, 0.15) is 21.5 Å². The quantitative estimate of drug-likeness (QED) is 0.778. The van der Waals surface area contributed by atoms with Crippen LogP contribution < -0.4 is 5.73 Å². The molecule has 1 heterocycles. The lowest BCUT2D eigenvalue weighted by Crippen LogP contribution is -2.27. The van der Waals surface area contributed by atoms with Gasteiger partial charge < -0.3 is 15.4 Å². The number of amides is 1. The highest BCUT2D eigenvalue weighted by Crippen LogP contribution is 2.27. The van der Waals surface area contributed by atoms with Gasteiger partial charge in [0, 0.05) is 31.5 Å². The van der Waals surface area contributed by atoms with E-state index < -0.39 is 0 Å². The molecule has 2 N–H and O–H groups in total. The summed E-state index contributed by atoms with van der Waals surface area (Å²) in [5, 5.41) is 0. The minimum Gasteiger partial charge on any atom is -0.399 e. The number of hydrogen-bond acceptors (Lipinski definition) is 3. The fraction of sp³-hybridized carbons (Fsp3) is 0.417. The summed E-state index contributed by atoms with van der Waals surface area (Å²) in [5.41, 5.74) is 9.28. The summed E-state index contributed by atoms with van der Waals surface area (Å²) in [6, 6.07) is 3.73. The number of nitrogen functional groups attached to an aromatic ring is 1. The SMILES string of the molecule is COCCN1Cc2cc(N)cc(C)c2C1=O. The second-order valence-corrected chi connectivity index (χ2v) is 4.09. The zero-order chi connectivity index (χ0) is 11.7. The van der Waals surface area contributed by atoms with Crippen LogP contribution in [0.15, 0.2) is 12.1 Å². The van der Waals surface area contributed by atoms with Gasteiger partial charge in [-0.15, -0.1) is 0 Å². The Bertz CT molecular complexity index is 429. The minimum absolute atomic E-state index is 0.0875. The Morgan fingerprint density at radius 3 is 2.94 bits per heavy atom. The third-order valence-electron chi connectivity index (χ3n) is 2.87. The van der Waals surface area contributed by atoms with Gasteiger partial charge in [-0.05, 0) is 30.2 Å². The molecule has 1 aromatic rings. The second kappa shape index (κ2) is 4.14. The Labute approximate surface area is 95.0 Å². The molecule has 0 atom stereocenters. The maximum Gasteiger partial charge on any atom is 0.254 e. The molecular weight excluding hydrogens is 204 g/mol. The standard InChI is InChI=1S/C12H16N2O2/c1-8-5-10(13)6-9-7-14(3-4-16-2)12(15)11(8)9/h5-6H,3-4,7,13H2,1-2H3. The lowest BCUT2D eigenvalue weighted by atomic mass is 10.0. The highest BCUT2D eigenvalue weighted by molar-refractivity contribution is 6.00. The summed E-state index contributed by atoms with van der Waals surface area (Å²) in [5.74, 6) is 0.0875. The van der Waals surface area contributed by atoms with Gasteiger partial charge in [-0.3, -0.25) is 4.79 Å². The number of nitrogens with two attached hydrogens (primary N) is 1. The Morgan fingerprint density at radius 2 is 2.25 bits per heavy atom. The molecule has 0 spiro atoms. The molecule has 2 rings (SSSR count). The van der Waals surface area contributed by atoms with Crippen molar-refractivity contribution in [3.05, 3.63) is 28.8 Å². The average molecular weight is 220 g/mol. The summed E-state index contributed by atoms with van der Waals surface area (Å²) in [4.78, 5) is 13.9. The van der Waals surface area contributed by atoms with E-state index in [4.69, 9.17) is 10.5 Å². The first-order valence-corrected chi connectivity index (χ1v) is 5.30. The van der Waals surface area contributed by atoms with Crippen LogP contribution in [0.25, 0.3) is 0 Å². The van der Waals surface area contributed by atoms with Crippen molar-refractivity contribution in [2.75, 3.05) is 26.0 Å². The van der Waals surface area contributed by atoms with Crippen molar-refractivity contribution >= 4 is 11.6 Å². The molecule has 0 fully saturated rings. The van der Waals surface area contributed by atoms with Gasteiger partial charge in [0.15, 0.2) is 0 Å². The molecule has 0 radical (unpaired) electrons. The zero-order valence-corrected chi connectivity index (χ0v) is 9.62. The Morgan fingerprint density at radius 1 is 1.50 bits per heavy atom. The van der Waals surface area contributed by atoms with Crippen LogP contribution in [-0.4, -0.2) is 31.1 Å². The van der Waals surface area contributed by atoms with E-state index in [2.05, 4.69) is 0 Å². The number of carbonyl (C=O) groups is 1. The number of rotatable bonds is 3. The molecule has 1 aliphatic heterocycles. The van der Waals surface area contributed by atoms with Gasteiger partial charge in [-0.2, -0.15) is 0 Å². The number of hydrogen-bond donors (Lipinski definition) is 1. The van der Waals surface area contributed by atoms with Crippen molar-refractivity contribution in [3.63, 3.8) is 0 Å². The first-order chi connectivity index (χ1) is 7.63. The number of ether oxygens (including phenoxy) is 1. The topological polar surface area (TPSA) is 55.6 Å². The van der Waals surface area contributed by atoms with Crippen LogP contribution >= 0.6 is 0 Å². The number of benzene rings is 1. The maximum atomic E-state index is 12.1. The summed E-state index contributed by atoms with van der Waals surface area (Å²) in [7, 11) is 1.64. The van der Waals surface area contributed by atoms with Gasteiger partial charge in [0.05, 0.1) is 6.61 Å². The zero-order valence-electron chi connectivity index (χ0n) is 9.62. The van der Waals surface area contributed by atoms with Gasteiger partial charge in [0.25, 0.3) is 5.91 Å². The molecule has 16 heavy (non-hydrogen) atoms. The molecule has 0 saturated heterocycles. The number of anilines is 1. The number of nitrogens with zero attached hydrogens (tertiary/aromatic N) is 1. The van der Waals surface area contributed by atoms with Crippen molar-refractivity contribution in [3.8, 4) is 0 Å². The van der Waals surface area contributed by atoms with Crippen molar-refractivity contribution in [2.45, 2.75) is 13.5 Å². The van der Waals surface area contributed by atoms with E-state index in [0.29, 0.717) is 19.7 Å². The van der Waals surface area contributed by atoms with E-state index in [1.807, 2.05) is 19.1 Å². The Hall–Kier alpha value is -1.55. The lowest BCUT2D eigenvalue weighted by Gasteiger charge is -2.14. The van der Waals surface area contributed by atoms with Gasteiger partial charge in [0.2, 0.25) is 0 Å². The molecule has 4 nitrogen and oxygen atoms in total. The minimum atomic E-state index is 0.0875. The number of fused-ring (bicyclic) bond motifs is 1. The second-order valence-electron chi connectivity index (χ2n) is 4.09. The number of methoxy groups -OCH3 is 1. The first-order valence-electron chi connectivity index (χ1n) is 5.30. The fourth-order valence-corrected chi connectivity index (χ4v) is 2.14. The lowest BCUT2D eigenvalue weighted by molar-refractivity contribution is 0.0719. The predicted octanol–water partition coefficient (Wildman–Crippen LogP) is 1.18. The van der Waals surface area contributed by atoms with E-state index in [1.54, 1.807) is 12.0 Å². The fourth-order valence-electron chi connectivity index (χ4n) is 2.14. The molecule has 0 aromatic heterocycles. The summed E-state index contributed by atoms with van der Waals surface area (Å²) in [6.07, 6.45) is 0. The van der Waals surface area contributed by atoms with Gasteiger partial charge >= 0.3 is 0 Å². The van der Waals surface area contributed by atoms with Crippen LogP contribution in [-0.2, 0) is 11.3 Å². The van der Waals surface area contributed by atoms with E-state index >= 15 is 0 Å². The van der Waals surface area contributed by atoms with E-state index in [1.165, 1.54) is 0 Å². The Kier molecular flexibility index (Phi) is 2.83. The average Bonchev–Trinajstić information content (AvgIpc) is 2.52. The van der Waals surface area contributed by atoms with E-state index in [9.17, 15) is 4.79 Å². The number of carbonyl (C=O) groups excluding carboxylic acids is 1. The number of aryl methyl sites for hydroxylation is 1.